The average molecular weight is 366 g/mol. The highest BCUT2D eigenvalue weighted by Crippen LogP contribution is 2.15. The third-order valence-electron chi connectivity index (χ3n) is 4.30. The van der Waals surface area contributed by atoms with Gasteiger partial charge in [0.15, 0.2) is 5.78 Å². The van der Waals surface area contributed by atoms with Crippen molar-refractivity contribution < 1.29 is 19.1 Å². The van der Waals surface area contributed by atoms with E-state index in [1.54, 1.807) is 11.4 Å². The molecule has 0 saturated carbocycles. The Labute approximate surface area is 152 Å². The Morgan fingerprint density at radius 2 is 2.12 bits per heavy atom. The van der Waals surface area contributed by atoms with Crippen molar-refractivity contribution in [3.8, 4) is 0 Å². The van der Waals surface area contributed by atoms with Crippen LogP contribution < -0.4 is 10.6 Å². The van der Waals surface area contributed by atoms with E-state index in [1.807, 2.05) is 12.3 Å². The summed E-state index contributed by atoms with van der Waals surface area (Å²) in [5.74, 6) is -0.308. The second kappa shape index (κ2) is 9.10. The average Bonchev–Trinajstić information content (AvgIpc) is 3.22. The van der Waals surface area contributed by atoms with Gasteiger partial charge in [-0.1, -0.05) is 20.8 Å². The first kappa shape index (κ1) is 19.6. The predicted molar refractivity (Wildman–Crippen MR) is 96.6 cm³/mol. The van der Waals surface area contributed by atoms with Gasteiger partial charge >= 0.3 is 0 Å². The van der Waals surface area contributed by atoms with Crippen LogP contribution in [0.5, 0.6) is 0 Å². The maximum absolute atomic E-state index is 12.7. The topological polar surface area (TPSA) is 84.5 Å². The van der Waals surface area contributed by atoms with Crippen molar-refractivity contribution in [3.05, 3.63) is 22.4 Å². The number of ether oxygens (including phenoxy) is 1. The lowest BCUT2D eigenvalue weighted by molar-refractivity contribution is -0.127. The molecule has 0 radical (unpaired) electrons. The Bertz CT molecular complexity index is 600. The van der Waals surface area contributed by atoms with Crippen LogP contribution in [0.4, 0.5) is 0 Å². The molecule has 6 nitrogen and oxygen atoms in total. The summed E-state index contributed by atoms with van der Waals surface area (Å²) in [5.41, 5.74) is 0.541. The van der Waals surface area contributed by atoms with E-state index in [0.717, 1.165) is 6.42 Å². The molecule has 3 unspecified atom stereocenters. The van der Waals surface area contributed by atoms with Crippen molar-refractivity contribution in [3.63, 3.8) is 0 Å². The summed E-state index contributed by atoms with van der Waals surface area (Å²) in [4.78, 5) is 37.0. The molecule has 1 aliphatic rings. The monoisotopic (exact) mass is 366 g/mol. The van der Waals surface area contributed by atoms with Gasteiger partial charge in [0.25, 0.3) is 5.91 Å². The normalized spacial score (nSPS) is 21.4. The predicted octanol–water partition coefficient (Wildman–Crippen LogP) is 2.15. The minimum Gasteiger partial charge on any atom is -0.368 e. The number of hydrogen-bond acceptors (Lipinski definition) is 5. The Hall–Kier alpha value is -1.73. The molecule has 0 bridgehead atoms. The van der Waals surface area contributed by atoms with E-state index in [2.05, 4.69) is 24.5 Å². The van der Waals surface area contributed by atoms with Crippen molar-refractivity contribution >= 4 is 28.9 Å². The lowest BCUT2D eigenvalue weighted by Crippen LogP contribution is -2.53. The fourth-order valence-electron chi connectivity index (χ4n) is 2.77. The number of hydrogen-bond donors (Lipinski definition) is 2. The fourth-order valence-corrected chi connectivity index (χ4v) is 3.40. The summed E-state index contributed by atoms with van der Waals surface area (Å²) < 4.78 is 5.40. The molecule has 1 fully saturated rings. The van der Waals surface area contributed by atoms with E-state index in [9.17, 15) is 14.4 Å². The van der Waals surface area contributed by atoms with Gasteiger partial charge in [0.2, 0.25) is 5.91 Å². The molecule has 2 N–H and O–H groups in total. The first-order valence-electron chi connectivity index (χ1n) is 8.70. The van der Waals surface area contributed by atoms with E-state index in [0.29, 0.717) is 24.3 Å². The van der Waals surface area contributed by atoms with Crippen molar-refractivity contribution in [2.24, 2.45) is 5.92 Å². The van der Waals surface area contributed by atoms with Gasteiger partial charge in [-0.15, -0.1) is 0 Å². The summed E-state index contributed by atoms with van der Waals surface area (Å²) >= 11 is 1.43. The zero-order chi connectivity index (χ0) is 18.4. The molecule has 1 aromatic rings. The second-order valence-corrected chi connectivity index (χ2v) is 7.50. The van der Waals surface area contributed by atoms with Crippen LogP contribution in [0, 0.1) is 5.92 Å². The molecule has 2 amide bonds. The molecule has 1 aromatic heterocycles. The maximum Gasteiger partial charge on any atom is 0.252 e. The smallest absolute Gasteiger partial charge is 0.252 e. The molecule has 25 heavy (non-hydrogen) atoms. The summed E-state index contributed by atoms with van der Waals surface area (Å²) in [7, 11) is 0. The zero-order valence-electron chi connectivity index (χ0n) is 14.9. The molecule has 2 rings (SSSR count). The van der Waals surface area contributed by atoms with E-state index >= 15 is 0 Å². The van der Waals surface area contributed by atoms with Gasteiger partial charge in [-0.3, -0.25) is 14.4 Å². The summed E-state index contributed by atoms with van der Waals surface area (Å²) in [6.45, 7) is 6.08. The van der Waals surface area contributed by atoms with Crippen molar-refractivity contribution in [1.29, 1.82) is 0 Å². The van der Waals surface area contributed by atoms with Gasteiger partial charge in [0.1, 0.15) is 18.7 Å². The number of ketones is 1. The van der Waals surface area contributed by atoms with E-state index in [4.69, 9.17) is 4.74 Å². The number of carbonyl (C=O) groups excluding carboxylic acids is 3. The van der Waals surface area contributed by atoms with Gasteiger partial charge in [0.05, 0.1) is 11.7 Å². The SMILES string of the molecule is CCC1OCC(=O)C1NC(=O)C(CCC(C)C)NC(=O)c1ccsc1. The summed E-state index contributed by atoms with van der Waals surface area (Å²) in [6.07, 6.45) is 1.68. The number of carbonyl (C=O) groups is 3. The number of amides is 2. The molecule has 0 spiro atoms. The van der Waals surface area contributed by atoms with Crippen LogP contribution in [0.15, 0.2) is 16.8 Å². The highest BCUT2D eigenvalue weighted by Gasteiger charge is 2.37. The van der Waals surface area contributed by atoms with Crippen LogP contribution in [0.1, 0.15) is 50.4 Å². The highest BCUT2D eigenvalue weighted by atomic mass is 32.1. The van der Waals surface area contributed by atoms with Crippen LogP contribution in [0.25, 0.3) is 0 Å². The second-order valence-electron chi connectivity index (χ2n) is 6.72. The molecule has 138 valence electrons. The van der Waals surface area contributed by atoms with Crippen LogP contribution in [-0.2, 0) is 14.3 Å². The Morgan fingerprint density at radius 3 is 2.72 bits per heavy atom. The molecule has 1 saturated heterocycles. The van der Waals surface area contributed by atoms with Gasteiger partial charge in [-0.2, -0.15) is 11.3 Å². The molecular weight excluding hydrogens is 340 g/mol. The number of nitrogens with one attached hydrogen (secondary N) is 2. The molecule has 1 aliphatic heterocycles. The Balaban J connectivity index is 2.04. The molecule has 0 aromatic carbocycles. The minimum atomic E-state index is -0.666. The minimum absolute atomic E-state index is 0.0291. The highest BCUT2D eigenvalue weighted by molar-refractivity contribution is 7.08. The van der Waals surface area contributed by atoms with Crippen molar-refractivity contribution in [2.75, 3.05) is 6.61 Å². The number of Topliss-reactive ketones (excluding diaryl/α,β-unsaturated/α-hetero) is 1. The third-order valence-corrected chi connectivity index (χ3v) is 4.98. The fraction of sp³-hybridized carbons (Fsp3) is 0.611. The molecule has 3 atom stereocenters. The Morgan fingerprint density at radius 1 is 1.36 bits per heavy atom. The number of thiophene rings is 1. The first-order chi connectivity index (χ1) is 11.9. The van der Waals surface area contributed by atoms with Crippen LogP contribution in [0.3, 0.4) is 0 Å². The van der Waals surface area contributed by atoms with Crippen LogP contribution >= 0.6 is 11.3 Å². The molecular formula is C18H26N2O4S. The molecule has 2 heterocycles. The van der Waals surface area contributed by atoms with Crippen LogP contribution in [0.2, 0.25) is 0 Å². The van der Waals surface area contributed by atoms with Gasteiger partial charge in [-0.05, 0) is 36.6 Å². The van der Waals surface area contributed by atoms with E-state index < -0.39 is 12.1 Å². The standard InChI is InChI=1S/C18H26N2O4S/c1-4-15-16(14(21)9-24-15)20-18(23)13(6-5-11(2)3)19-17(22)12-7-8-25-10-12/h7-8,10-11,13,15-16H,4-6,9H2,1-3H3,(H,19,22)(H,20,23). The van der Waals surface area contributed by atoms with Gasteiger partial charge in [0, 0.05) is 5.38 Å². The van der Waals surface area contributed by atoms with Crippen molar-refractivity contribution in [2.45, 2.75) is 58.2 Å². The lowest BCUT2D eigenvalue weighted by Gasteiger charge is -2.23. The molecule has 7 heteroatoms. The Kier molecular flexibility index (Phi) is 7.13. The summed E-state index contributed by atoms with van der Waals surface area (Å²) in [6, 6.07) is 0.427. The lowest BCUT2D eigenvalue weighted by atomic mass is 10.0. The first-order valence-corrected chi connectivity index (χ1v) is 9.64. The zero-order valence-corrected chi connectivity index (χ0v) is 15.7. The van der Waals surface area contributed by atoms with Crippen molar-refractivity contribution in [1.82, 2.24) is 10.6 Å². The molecule has 0 aliphatic carbocycles. The quantitative estimate of drug-likeness (QED) is 0.738. The van der Waals surface area contributed by atoms with Gasteiger partial charge in [-0.25, -0.2) is 0 Å². The summed E-state index contributed by atoms with van der Waals surface area (Å²) in [5, 5.41) is 9.14. The maximum atomic E-state index is 12.7. The van der Waals surface area contributed by atoms with Crippen LogP contribution in [-0.4, -0.2) is 42.4 Å². The van der Waals surface area contributed by atoms with Gasteiger partial charge < -0.3 is 15.4 Å². The largest absolute Gasteiger partial charge is 0.368 e. The third kappa shape index (κ3) is 5.37. The van der Waals surface area contributed by atoms with E-state index in [1.165, 1.54) is 11.3 Å². The number of rotatable bonds is 8. The van der Waals surface area contributed by atoms with E-state index in [-0.39, 0.29) is 30.3 Å².